The molecule has 8 nitrogen and oxygen atoms in total. The first-order valence-electron chi connectivity index (χ1n) is 11.4. The molecule has 4 N–H and O–H groups in total. The van der Waals surface area contributed by atoms with Crippen LogP contribution >= 0.6 is 0 Å². The van der Waals surface area contributed by atoms with Gasteiger partial charge in [0.25, 0.3) is 0 Å². The van der Waals surface area contributed by atoms with E-state index in [0.29, 0.717) is 17.5 Å². The molecule has 8 heteroatoms. The molecule has 1 aliphatic carbocycles. The summed E-state index contributed by atoms with van der Waals surface area (Å²) >= 11 is 0. The molecule has 0 amide bonds. The molecule has 3 heterocycles. The second kappa shape index (κ2) is 8.03. The maximum Gasteiger partial charge on any atom is 0.205 e. The molecule has 1 fully saturated rings. The number of guanidine groups is 1. The molecule has 0 unspecified atom stereocenters. The number of benzene rings is 1. The maximum absolute atomic E-state index is 6.86. The molecule has 2 aromatic rings. The van der Waals surface area contributed by atoms with Crippen LogP contribution in [0.2, 0.25) is 0 Å². The average Bonchev–Trinajstić information content (AvgIpc) is 3.26. The van der Waals surface area contributed by atoms with Gasteiger partial charge in [-0.25, -0.2) is 4.99 Å². The summed E-state index contributed by atoms with van der Waals surface area (Å²) in [5.74, 6) is 1.72. The number of hydrogen-bond acceptors (Lipinski definition) is 7. The Morgan fingerprint density at radius 3 is 2.58 bits per heavy atom. The van der Waals surface area contributed by atoms with Crippen LogP contribution in [0, 0.1) is 0 Å². The summed E-state index contributed by atoms with van der Waals surface area (Å²) in [4.78, 5) is 8.58. The van der Waals surface area contributed by atoms with E-state index < -0.39 is 0 Å². The van der Waals surface area contributed by atoms with Crippen LogP contribution in [-0.2, 0) is 7.05 Å². The third kappa shape index (κ3) is 3.55. The number of rotatable bonds is 4. The molecule has 5 rings (SSSR count). The second-order valence-corrected chi connectivity index (χ2v) is 9.17. The lowest BCUT2D eigenvalue weighted by Gasteiger charge is -2.46. The number of ether oxygens (including phenoxy) is 1. The van der Waals surface area contributed by atoms with Crippen molar-refractivity contribution in [3.8, 4) is 16.9 Å². The quantitative estimate of drug-likeness (QED) is 0.743. The van der Waals surface area contributed by atoms with Gasteiger partial charge in [0.05, 0.1) is 24.7 Å². The Bertz CT molecular complexity index is 1200. The van der Waals surface area contributed by atoms with Crippen LogP contribution in [0.25, 0.3) is 11.1 Å². The minimum atomic E-state index is -0.0133. The van der Waals surface area contributed by atoms with E-state index in [1.807, 2.05) is 42.5 Å². The Balaban J connectivity index is 1.59. The molecule has 0 saturated heterocycles. The van der Waals surface area contributed by atoms with E-state index in [0.717, 1.165) is 40.9 Å². The van der Waals surface area contributed by atoms with E-state index >= 15 is 0 Å². The van der Waals surface area contributed by atoms with Crippen molar-refractivity contribution in [2.24, 2.45) is 23.5 Å². The zero-order valence-electron chi connectivity index (χ0n) is 19.5. The number of nitrogens with zero attached hydrogens (tertiary/aromatic N) is 5. The summed E-state index contributed by atoms with van der Waals surface area (Å²) in [6.07, 6.45) is 15.7. The van der Waals surface area contributed by atoms with E-state index in [4.69, 9.17) is 16.2 Å². The number of aromatic nitrogens is 2. The van der Waals surface area contributed by atoms with E-state index in [1.165, 1.54) is 19.3 Å². The van der Waals surface area contributed by atoms with Crippen molar-refractivity contribution < 1.29 is 4.74 Å². The number of fused-ring (bicyclic) bond motifs is 1. The summed E-state index contributed by atoms with van der Waals surface area (Å²) in [7, 11) is 3.56. The van der Waals surface area contributed by atoms with Crippen LogP contribution in [0.15, 0.2) is 71.2 Å². The highest BCUT2D eigenvalue weighted by Crippen LogP contribution is 2.42. The van der Waals surface area contributed by atoms with Gasteiger partial charge in [0, 0.05) is 42.3 Å². The zero-order valence-corrected chi connectivity index (χ0v) is 19.5. The molecule has 0 spiro atoms. The molecule has 33 heavy (non-hydrogen) atoms. The van der Waals surface area contributed by atoms with Gasteiger partial charge in [-0.15, -0.1) is 0 Å². The molecule has 0 atom stereocenters. The lowest BCUT2D eigenvalue weighted by molar-refractivity contribution is 0.143. The number of methoxy groups -OCH3 is 1. The summed E-state index contributed by atoms with van der Waals surface area (Å²) in [5.41, 5.74) is 17.9. The predicted octanol–water partition coefficient (Wildman–Crippen LogP) is 3.79. The molecule has 0 bridgehead atoms. The van der Waals surface area contributed by atoms with Crippen LogP contribution in [0.3, 0.4) is 0 Å². The first-order valence-corrected chi connectivity index (χ1v) is 11.4. The normalized spacial score (nSPS) is 19.8. The first kappa shape index (κ1) is 21.2. The fourth-order valence-corrected chi connectivity index (χ4v) is 5.11. The highest BCUT2D eigenvalue weighted by Gasteiger charge is 2.38. The summed E-state index contributed by atoms with van der Waals surface area (Å²) in [6.45, 7) is 2.30. The minimum absolute atomic E-state index is 0.0133. The third-order valence-electron chi connectivity index (χ3n) is 6.94. The Morgan fingerprint density at radius 1 is 1.09 bits per heavy atom. The maximum atomic E-state index is 6.86. The van der Waals surface area contributed by atoms with Crippen molar-refractivity contribution in [2.75, 3.05) is 12.0 Å². The number of allylic oxidation sites excluding steroid dienone is 1. The van der Waals surface area contributed by atoms with Gasteiger partial charge in [0.1, 0.15) is 11.6 Å². The fourth-order valence-electron chi connectivity index (χ4n) is 5.11. The minimum Gasteiger partial charge on any atom is -0.495 e. The predicted molar refractivity (Wildman–Crippen MR) is 131 cm³/mol. The molecular formula is C25H31N7O. The Labute approximate surface area is 194 Å². The average molecular weight is 446 g/mol. The lowest BCUT2D eigenvalue weighted by atomic mass is 9.81. The zero-order chi connectivity index (χ0) is 23.2. The Kier molecular flexibility index (Phi) is 5.15. The van der Waals surface area contributed by atoms with Crippen LogP contribution in [-0.4, -0.2) is 33.3 Å². The van der Waals surface area contributed by atoms with Crippen molar-refractivity contribution in [3.05, 3.63) is 66.2 Å². The largest absolute Gasteiger partial charge is 0.495 e. The van der Waals surface area contributed by atoms with Crippen LogP contribution in [0.1, 0.15) is 39.0 Å². The SMILES string of the molecule is COc1cc(-c2cnn(C)c2)ccc1N1C(N)=NC=C2C=CN(C3(C)CCCCC3)C(N)=C21. The molecule has 1 aromatic carbocycles. The van der Waals surface area contributed by atoms with Gasteiger partial charge in [-0.2, -0.15) is 5.10 Å². The number of anilines is 1. The van der Waals surface area contributed by atoms with Gasteiger partial charge in [0.15, 0.2) is 0 Å². The summed E-state index contributed by atoms with van der Waals surface area (Å²) in [5, 5.41) is 4.28. The van der Waals surface area contributed by atoms with Crippen molar-refractivity contribution in [1.82, 2.24) is 14.7 Å². The number of nitrogens with two attached hydrogens (primary N) is 2. The van der Waals surface area contributed by atoms with Crippen LogP contribution in [0.5, 0.6) is 5.75 Å². The van der Waals surface area contributed by atoms with E-state index in [2.05, 4.69) is 34.2 Å². The highest BCUT2D eigenvalue weighted by atomic mass is 16.5. The molecular weight excluding hydrogens is 414 g/mol. The number of hydrogen-bond donors (Lipinski definition) is 2. The van der Waals surface area contributed by atoms with Gasteiger partial charge in [0.2, 0.25) is 5.96 Å². The standard InChI is InChI=1S/C25H31N7O/c1-25(10-5-4-6-11-25)31-12-9-18-14-28-24(27)32(22(18)23(31)26)20-8-7-17(13-21(20)33-3)19-15-29-30(2)16-19/h7-9,12-16H,4-6,10-11,26H2,1-3H3,(H2,27,28). The van der Waals surface area contributed by atoms with Crippen LogP contribution in [0.4, 0.5) is 5.69 Å². The summed E-state index contributed by atoms with van der Waals surface area (Å²) < 4.78 is 7.58. The monoisotopic (exact) mass is 445 g/mol. The molecule has 1 aromatic heterocycles. The van der Waals surface area contributed by atoms with Crippen molar-refractivity contribution in [1.29, 1.82) is 0 Å². The van der Waals surface area contributed by atoms with Gasteiger partial charge < -0.3 is 21.1 Å². The number of aliphatic imine (C=N–C) groups is 1. The highest BCUT2D eigenvalue weighted by molar-refractivity contribution is 6.02. The Morgan fingerprint density at radius 2 is 1.88 bits per heavy atom. The van der Waals surface area contributed by atoms with Crippen molar-refractivity contribution >= 4 is 11.6 Å². The van der Waals surface area contributed by atoms with E-state index in [-0.39, 0.29) is 5.54 Å². The fraction of sp³-hybridized carbons (Fsp3) is 0.360. The first-order chi connectivity index (χ1) is 15.9. The van der Waals surface area contributed by atoms with Crippen molar-refractivity contribution in [3.63, 3.8) is 0 Å². The van der Waals surface area contributed by atoms with Gasteiger partial charge in [-0.1, -0.05) is 25.3 Å². The van der Waals surface area contributed by atoms with E-state index in [1.54, 1.807) is 18.0 Å². The van der Waals surface area contributed by atoms with Gasteiger partial charge in [-0.05, 0) is 43.5 Å². The topological polar surface area (TPSA) is 97.9 Å². The molecule has 0 radical (unpaired) electrons. The molecule has 172 valence electrons. The van der Waals surface area contributed by atoms with Crippen molar-refractivity contribution in [2.45, 2.75) is 44.6 Å². The van der Waals surface area contributed by atoms with Gasteiger partial charge >= 0.3 is 0 Å². The third-order valence-corrected chi connectivity index (χ3v) is 6.94. The smallest absolute Gasteiger partial charge is 0.205 e. The van der Waals surface area contributed by atoms with E-state index in [9.17, 15) is 0 Å². The van der Waals surface area contributed by atoms with Crippen LogP contribution < -0.4 is 21.1 Å². The molecule has 3 aliphatic rings. The Hall–Kier alpha value is -3.68. The molecule has 2 aliphatic heterocycles. The summed E-state index contributed by atoms with van der Waals surface area (Å²) in [6, 6.07) is 6.03. The molecule has 1 saturated carbocycles. The lowest BCUT2D eigenvalue weighted by Crippen LogP contribution is -2.50. The number of aryl methyl sites for hydroxylation is 1. The van der Waals surface area contributed by atoms with Gasteiger partial charge in [-0.3, -0.25) is 9.58 Å². The second-order valence-electron chi connectivity index (χ2n) is 9.17.